The number of carbonyl (C=O) groups is 1. The average molecular weight is 277 g/mol. The molecule has 94 valence electrons. The molecular formula is C11H14Cl2N2O2. The first kappa shape index (κ1) is 14.1. The van der Waals surface area contributed by atoms with Gasteiger partial charge in [-0.25, -0.2) is 9.78 Å². The molecule has 1 aromatic rings. The molecule has 0 aliphatic rings. The number of halogens is 2. The zero-order valence-electron chi connectivity index (χ0n) is 10.1. The van der Waals surface area contributed by atoms with Crippen molar-refractivity contribution in [2.45, 2.75) is 26.4 Å². The minimum Gasteiger partial charge on any atom is -0.443 e. The van der Waals surface area contributed by atoms with Gasteiger partial charge in [0.15, 0.2) is 0 Å². The van der Waals surface area contributed by atoms with Crippen LogP contribution in [0.3, 0.4) is 0 Å². The van der Waals surface area contributed by atoms with E-state index < -0.39 is 11.7 Å². The third-order valence-electron chi connectivity index (χ3n) is 1.85. The number of hydrogen-bond acceptors (Lipinski definition) is 3. The highest BCUT2D eigenvalue weighted by Crippen LogP contribution is 2.30. The largest absolute Gasteiger partial charge is 0.443 e. The summed E-state index contributed by atoms with van der Waals surface area (Å²) in [6, 6.07) is 1.60. The minimum atomic E-state index is -0.561. The molecule has 0 unspecified atom stereocenters. The van der Waals surface area contributed by atoms with Crippen LogP contribution in [0.5, 0.6) is 0 Å². The first-order chi connectivity index (χ1) is 7.72. The van der Waals surface area contributed by atoms with Crippen molar-refractivity contribution in [1.82, 2.24) is 4.98 Å². The number of carbonyl (C=O) groups excluding carboxylic acids is 1. The molecule has 6 heteroatoms. The number of pyridine rings is 1. The molecule has 0 saturated carbocycles. The molecule has 4 nitrogen and oxygen atoms in total. The molecule has 1 heterocycles. The number of ether oxygens (including phenoxy) is 1. The van der Waals surface area contributed by atoms with Crippen LogP contribution in [0.4, 0.5) is 10.5 Å². The second kappa shape index (κ2) is 5.10. The number of aromatic nitrogens is 1. The van der Waals surface area contributed by atoms with E-state index in [4.69, 9.17) is 27.9 Å². The van der Waals surface area contributed by atoms with Gasteiger partial charge in [0, 0.05) is 13.2 Å². The molecule has 0 N–H and O–H groups in total. The van der Waals surface area contributed by atoms with E-state index in [0.29, 0.717) is 5.69 Å². The van der Waals surface area contributed by atoms with Gasteiger partial charge in [-0.15, -0.1) is 0 Å². The van der Waals surface area contributed by atoms with Crippen molar-refractivity contribution in [3.63, 3.8) is 0 Å². The lowest BCUT2D eigenvalue weighted by Gasteiger charge is -2.25. The summed E-state index contributed by atoms with van der Waals surface area (Å²) in [5.41, 5.74) is -0.102. The average Bonchev–Trinajstić information content (AvgIpc) is 2.18. The summed E-state index contributed by atoms with van der Waals surface area (Å²) in [4.78, 5) is 16.9. The fraction of sp³-hybridized carbons (Fsp3) is 0.455. The van der Waals surface area contributed by atoms with Crippen molar-refractivity contribution in [2.75, 3.05) is 11.9 Å². The highest BCUT2D eigenvalue weighted by Gasteiger charge is 2.22. The highest BCUT2D eigenvalue weighted by atomic mass is 35.5. The molecule has 0 spiro atoms. The van der Waals surface area contributed by atoms with Crippen molar-refractivity contribution in [3.05, 3.63) is 22.4 Å². The van der Waals surface area contributed by atoms with Crippen LogP contribution in [0, 0.1) is 0 Å². The SMILES string of the molecule is CN(C(=O)OC(C)(C)C)c1ccnc(Cl)c1Cl. The van der Waals surface area contributed by atoms with Crippen LogP contribution in [0.1, 0.15) is 20.8 Å². The third kappa shape index (κ3) is 3.75. The standard InChI is InChI=1S/C11H14Cl2N2O2/c1-11(2,3)17-10(16)15(4)7-5-6-14-9(13)8(7)12/h5-6H,1-4H3. The Kier molecular flexibility index (Phi) is 4.22. The Labute approximate surface area is 110 Å². The van der Waals surface area contributed by atoms with E-state index >= 15 is 0 Å². The molecule has 0 aliphatic heterocycles. The molecular weight excluding hydrogens is 263 g/mol. The Balaban J connectivity index is 2.93. The van der Waals surface area contributed by atoms with E-state index in [2.05, 4.69) is 4.98 Å². The van der Waals surface area contributed by atoms with Crippen molar-refractivity contribution in [1.29, 1.82) is 0 Å². The topological polar surface area (TPSA) is 42.4 Å². The van der Waals surface area contributed by atoms with Gasteiger partial charge in [-0.1, -0.05) is 23.2 Å². The first-order valence-electron chi connectivity index (χ1n) is 4.99. The monoisotopic (exact) mass is 276 g/mol. The Morgan fingerprint density at radius 3 is 2.53 bits per heavy atom. The van der Waals surface area contributed by atoms with Gasteiger partial charge in [0.25, 0.3) is 0 Å². The molecule has 0 aliphatic carbocycles. The maximum absolute atomic E-state index is 11.8. The molecule has 0 aromatic carbocycles. The lowest BCUT2D eigenvalue weighted by molar-refractivity contribution is 0.0589. The molecule has 1 rings (SSSR count). The van der Waals surface area contributed by atoms with Gasteiger partial charge in [0.1, 0.15) is 15.8 Å². The summed E-state index contributed by atoms with van der Waals surface area (Å²) in [6.07, 6.45) is 0.978. The normalized spacial score (nSPS) is 11.2. The van der Waals surface area contributed by atoms with Crippen LogP contribution in [0.15, 0.2) is 12.3 Å². The maximum atomic E-state index is 11.8. The Morgan fingerprint density at radius 1 is 1.41 bits per heavy atom. The van der Waals surface area contributed by atoms with Gasteiger partial charge in [-0.05, 0) is 26.8 Å². The number of rotatable bonds is 1. The van der Waals surface area contributed by atoms with E-state index in [0.717, 1.165) is 0 Å². The van der Waals surface area contributed by atoms with E-state index in [1.807, 2.05) is 0 Å². The zero-order valence-corrected chi connectivity index (χ0v) is 11.6. The Morgan fingerprint density at radius 2 is 2.00 bits per heavy atom. The summed E-state index contributed by atoms with van der Waals surface area (Å²) in [5, 5.41) is 0.377. The predicted molar refractivity (Wildman–Crippen MR) is 68.9 cm³/mol. The highest BCUT2D eigenvalue weighted by molar-refractivity contribution is 6.43. The lowest BCUT2D eigenvalue weighted by atomic mass is 10.2. The summed E-state index contributed by atoms with van der Waals surface area (Å²) >= 11 is 11.7. The fourth-order valence-electron chi connectivity index (χ4n) is 1.10. The molecule has 0 fully saturated rings. The van der Waals surface area contributed by atoms with Crippen LogP contribution in [0.25, 0.3) is 0 Å². The molecule has 0 radical (unpaired) electrons. The van der Waals surface area contributed by atoms with Crippen molar-refractivity contribution in [2.24, 2.45) is 0 Å². The van der Waals surface area contributed by atoms with Gasteiger partial charge in [-0.2, -0.15) is 0 Å². The Bertz CT molecular complexity index is 430. The second-order valence-corrected chi connectivity index (χ2v) is 5.21. The predicted octanol–water partition coefficient (Wildman–Crippen LogP) is 3.76. The lowest BCUT2D eigenvalue weighted by Crippen LogP contribution is -2.34. The van der Waals surface area contributed by atoms with Crippen molar-refractivity contribution >= 4 is 35.0 Å². The molecule has 0 atom stereocenters. The zero-order chi connectivity index (χ0) is 13.2. The van der Waals surface area contributed by atoms with E-state index in [1.165, 1.54) is 11.1 Å². The molecule has 1 aromatic heterocycles. The van der Waals surface area contributed by atoms with Gasteiger partial charge in [0.05, 0.1) is 5.69 Å². The number of nitrogens with zero attached hydrogens (tertiary/aromatic N) is 2. The van der Waals surface area contributed by atoms with Gasteiger partial charge < -0.3 is 4.74 Å². The summed E-state index contributed by atoms with van der Waals surface area (Å²) in [5.74, 6) is 0. The molecule has 0 saturated heterocycles. The van der Waals surface area contributed by atoms with E-state index in [1.54, 1.807) is 33.9 Å². The van der Waals surface area contributed by atoms with Crippen molar-refractivity contribution in [3.8, 4) is 0 Å². The number of anilines is 1. The van der Waals surface area contributed by atoms with E-state index in [-0.39, 0.29) is 10.2 Å². The fourth-order valence-corrected chi connectivity index (χ4v) is 1.49. The molecule has 17 heavy (non-hydrogen) atoms. The summed E-state index contributed by atoms with van der Waals surface area (Å²) < 4.78 is 5.21. The van der Waals surface area contributed by atoms with E-state index in [9.17, 15) is 4.79 Å². The first-order valence-corrected chi connectivity index (χ1v) is 5.74. The van der Waals surface area contributed by atoms with Gasteiger partial charge in [-0.3, -0.25) is 4.90 Å². The summed E-state index contributed by atoms with van der Waals surface area (Å²) in [7, 11) is 1.56. The smallest absolute Gasteiger partial charge is 0.414 e. The third-order valence-corrected chi connectivity index (χ3v) is 2.61. The van der Waals surface area contributed by atoms with Gasteiger partial charge in [0.2, 0.25) is 0 Å². The van der Waals surface area contributed by atoms with Crippen LogP contribution in [-0.2, 0) is 4.74 Å². The minimum absolute atomic E-state index is 0.152. The number of hydrogen-bond donors (Lipinski definition) is 0. The summed E-state index contributed by atoms with van der Waals surface area (Å²) in [6.45, 7) is 5.37. The molecule has 0 bridgehead atoms. The van der Waals surface area contributed by atoms with Crippen LogP contribution < -0.4 is 4.90 Å². The van der Waals surface area contributed by atoms with Crippen LogP contribution >= 0.6 is 23.2 Å². The second-order valence-electron chi connectivity index (χ2n) is 4.47. The van der Waals surface area contributed by atoms with Crippen molar-refractivity contribution < 1.29 is 9.53 Å². The number of amides is 1. The van der Waals surface area contributed by atoms with Gasteiger partial charge >= 0.3 is 6.09 Å². The Hall–Kier alpha value is -1.00. The maximum Gasteiger partial charge on any atom is 0.414 e. The quantitative estimate of drug-likeness (QED) is 0.734. The van der Waals surface area contributed by atoms with Crippen LogP contribution in [-0.4, -0.2) is 23.7 Å². The van der Waals surface area contributed by atoms with Crippen LogP contribution in [0.2, 0.25) is 10.2 Å². The molecule has 1 amide bonds.